The first-order chi connectivity index (χ1) is 13.6. The lowest BCUT2D eigenvalue weighted by Crippen LogP contribution is -2.47. The van der Waals surface area contributed by atoms with Gasteiger partial charge in [0.2, 0.25) is 0 Å². The number of amides is 2. The van der Waals surface area contributed by atoms with Gasteiger partial charge in [0.05, 0.1) is 0 Å². The Labute approximate surface area is 172 Å². The molecule has 2 heterocycles. The lowest BCUT2D eigenvalue weighted by Gasteiger charge is -2.33. The molecule has 1 fully saturated rings. The zero-order valence-corrected chi connectivity index (χ0v) is 18.0. The Balaban J connectivity index is 1.54. The molecule has 156 valence electrons. The fraction of sp³-hybridized carbons (Fsp3) is 0.478. The SMILES string of the molecule is Cc1ccc(C)n1-c1ccc(C(=O)NC2CCN(C(=O)OC(C)(C)C)CC2)cc1. The van der Waals surface area contributed by atoms with E-state index >= 15 is 0 Å². The first-order valence-corrected chi connectivity index (χ1v) is 10.2. The van der Waals surface area contributed by atoms with Gasteiger partial charge in [-0.05, 0) is 83.9 Å². The first kappa shape index (κ1) is 21.0. The number of ether oxygens (including phenoxy) is 1. The number of hydrogen-bond donors (Lipinski definition) is 1. The molecule has 0 aliphatic carbocycles. The van der Waals surface area contributed by atoms with Crippen molar-refractivity contribution in [1.29, 1.82) is 0 Å². The van der Waals surface area contributed by atoms with Crippen LogP contribution in [0, 0.1) is 13.8 Å². The molecular formula is C23H31N3O3. The number of carbonyl (C=O) groups excluding carboxylic acids is 2. The molecule has 2 amide bonds. The lowest BCUT2D eigenvalue weighted by atomic mass is 10.0. The van der Waals surface area contributed by atoms with Gasteiger partial charge in [-0.3, -0.25) is 4.79 Å². The summed E-state index contributed by atoms with van der Waals surface area (Å²) >= 11 is 0. The summed E-state index contributed by atoms with van der Waals surface area (Å²) in [6.45, 7) is 10.9. The smallest absolute Gasteiger partial charge is 0.410 e. The number of nitrogens with zero attached hydrogens (tertiary/aromatic N) is 2. The number of hydrogen-bond acceptors (Lipinski definition) is 3. The highest BCUT2D eigenvalue weighted by molar-refractivity contribution is 5.94. The van der Waals surface area contributed by atoms with Crippen molar-refractivity contribution in [2.75, 3.05) is 13.1 Å². The summed E-state index contributed by atoms with van der Waals surface area (Å²) in [5.41, 5.74) is 3.53. The third-order valence-corrected chi connectivity index (χ3v) is 5.14. The summed E-state index contributed by atoms with van der Waals surface area (Å²) in [6, 6.07) is 11.9. The number of aromatic nitrogens is 1. The molecule has 1 aliphatic heterocycles. The van der Waals surface area contributed by atoms with Gasteiger partial charge in [0.1, 0.15) is 5.60 Å². The summed E-state index contributed by atoms with van der Waals surface area (Å²) < 4.78 is 7.58. The average molecular weight is 398 g/mol. The average Bonchev–Trinajstić information content (AvgIpc) is 2.99. The van der Waals surface area contributed by atoms with Gasteiger partial charge in [0, 0.05) is 41.8 Å². The van der Waals surface area contributed by atoms with Crippen LogP contribution in [-0.2, 0) is 4.74 Å². The van der Waals surface area contributed by atoms with E-state index in [2.05, 4.69) is 35.9 Å². The molecule has 0 unspecified atom stereocenters. The van der Waals surface area contributed by atoms with Crippen LogP contribution in [0.3, 0.4) is 0 Å². The van der Waals surface area contributed by atoms with Gasteiger partial charge < -0.3 is 19.5 Å². The van der Waals surface area contributed by atoms with Crippen LogP contribution in [0.25, 0.3) is 5.69 Å². The fourth-order valence-electron chi connectivity index (χ4n) is 3.64. The standard InChI is InChI=1S/C23H31N3O3/c1-16-6-7-17(2)26(16)20-10-8-18(9-11-20)21(27)24-19-12-14-25(15-13-19)22(28)29-23(3,4)5/h6-11,19H,12-15H2,1-5H3,(H,24,27). The zero-order valence-electron chi connectivity index (χ0n) is 18.0. The van der Waals surface area contributed by atoms with Gasteiger partial charge in [0.25, 0.3) is 5.91 Å². The van der Waals surface area contributed by atoms with E-state index in [0.29, 0.717) is 18.7 Å². The number of likely N-dealkylation sites (tertiary alicyclic amines) is 1. The van der Waals surface area contributed by atoms with Gasteiger partial charge in [-0.25, -0.2) is 4.79 Å². The molecule has 6 heteroatoms. The molecule has 1 saturated heterocycles. The minimum atomic E-state index is -0.494. The minimum absolute atomic E-state index is 0.0646. The van der Waals surface area contributed by atoms with Crippen LogP contribution < -0.4 is 5.32 Å². The fourth-order valence-corrected chi connectivity index (χ4v) is 3.64. The monoisotopic (exact) mass is 397 g/mol. The Morgan fingerprint density at radius 3 is 2.03 bits per heavy atom. The molecule has 0 atom stereocenters. The number of benzene rings is 1. The number of rotatable bonds is 3. The van der Waals surface area contributed by atoms with Crippen LogP contribution in [0.1, 0.15) is 55.4 Å². The summed E-state index contributed by atoms with van der Waals surface area (Å²) in [6.07, 6.45) is 1.17. The van der Waals surface area contributed by atoms with E-state index in [9.17, 15) is 9.59 Å². The third kappa shape index (κ3) is 5.19. The molecule has 1 aromatic carbocycles. The summed E-state index contributed by atoms with van der Waals surface area (Å²) in [4.78, 5) is 26.5. The highest BCUT2D eigenvalue weighted by Crippen LogP contribution is 2.18. The maximum absolute atomic E-state index is 12.6. The molecule has 6 nitrogen and oxygen atoms in total. The van der Waals surface area contributed by atoms with E-state index < -0.39 is 5.60 Å². The number of piperidine rings is 1. The van der Waals surface area contributed by atoms with Crippen LogP contribution >= 0.6 is 0 Å². The Bertz CT molecular complexity index is 850. The normalized spacial score (nSPS) is 15.3. The summed E-state index contributed by atoms with van der Waals surface area (Å²) in [7, 11) is 0. The number of carbonyl (C=O) groups is 2. The van der Waals surface area contributed by atoms with Crippen molar-refractivity contribution >= 4 is 12.0 Å². The van der Waals surface area contributed by atoms with Crippen molar-refractivity contribution in [3.63, 3.8) is 0 Å². The first-order valence-electron chi connectivity index (χ1n) is 10.2. The topological polar surface area (TPSA) is 63.6 Å². The lowest BCUT2D eigenvalue weighted by molar-refractivity contribution is 0.0199. The molecule has 0 spiro atoms. The van der Waals surface area contributed by atoms with Crippen LogP contribution in [-0.4, -0.2) is 46.2 Å². The van der Waals surface area contributed by atoms with Gasteiger partial charge in [-0.2, -0.15) is 0 Å². The molecule has 3 rings (SSSR count). The minimum Gasteiger partial charge on any atom is -0.444 e. The molecule has 0 saturated carbocycles. The zero-order chi connectivity index (χ0) is 21.2. The largest absolute Gasteiger partial charge is 0.444 e. The molecule has 1 aliphatic rings. The second-order valence-corrected chi connectivity index (χ2v) is 8.71. The van der Waals surface area contributed by atoms with E-state index in [-0.39, 0.29) is 18.0 Å². The Hall–Kier alpha value is -2.76. The van der Waals surface area contributed by atoms with Crippen molar-refractivity contribution in [3.8, 4) is 5.69 Å². The maximum atomic E-state index is 12.6. The molecule has 2 aromatic rings. The van der Waals surface area contributed by atoms with Crippen LogP contribution in [0.2, 0.25) is 0 Å². The van der Waals surface area contributed by atoms with E-state index in [1.54, 1.807) is 4.90 Å². The molecule has 0 bridgehead atoms. The molecular weight excluding hydrogens is 366 g/mol. The number of nitrogens with one attached hydrogen (secondary N) is 1. The Morgan fingerprint density at radius 1 is 0.966 bits per heavy atom. The van der Waals surface area contributed by atoms with Crippen molar-refractivity contribution in [2.24, 2.45) is 0 Å². The van der Waals surface area contributed by atoms with Crippen LogP contribution in [0.4, 0.5) is 4.79 Å². The van der Waals surface area contributed by atoms with Gasteiger partial charge in [-0.15, -0.1) is 0 Å². The quantitative estimate of drug-likeness (QED) is 0.843. The van der Waals surface area contributed by atoms with E-state index in [1.807, 2.05) is 45.0 Å². The van der Waals surface area contributed by atoms with Crippen LogP contribution in [0.15, 0.2) is 36.4 Å². The molecule has 1 aromatic heterocycles. The predicted octanol–water partition coefficient (Wildman–Crippen LogP) is 4.22. The van der Waals surface area contributed by atoms with E-state index in [0.717, 1.165) is 29.9 Å². The molecule has 1 N–H and O–H groups in total. The predicted molar refractivity (Wildman–Crippen MR) is 114 cm³/mol. The van der Waals surface area contributed by atoms with Crippen molar-refractivity contribution in [1.82, 2.24) is 14.8 Å². The van der Waals surface area contributed by atoms with E-state index in [1.165, 1.54) is 0 Å². The Kier molecular flexibility index (Phi) is 6.01. The van der Waals surface area contributed by atoms with Crippen molar-refractivity contribution < 1.29 is 14.3 Å². The second kappa shape index (κ2) is 8.31. The van der Waals surface area contributed by atoms with Gasteiger partial charge >= 0.3 is 6.09 Å². The third-order valence-electron chi connectivity index (χ3n) is 5.14. The summed E-state index contributed by atoms with van der Waals surface area (Å²) in [5.74, 6) is -0.0757. The highest BCUT2D eigenvalue weighted by Gasteiger charge is 2.27. The van der Waals surface area contributed by atoms with Crippen molar-refractivity contribution in [2.45, 2.75) is 59.1 Å². The van der Waals surface area contributed by atoms with Gasteiger partial charge in [-0.1, -0.05) is 0 Å². The Morgan fingerprint density at radius 2 is 1.52 bits per heavy atom. The van der Waals surface area contributed by atoms with Gasteiger partial charge in [0.15, 0.2) is 0 Å². The van der Waals surface area contributed by atoms with Crippen LogP contribution in [0.5, 0.6) is 0 Å². The number of aryl methyl sites for hydroxylation is 2. The molecule has 0 radical (unpaired) electrons. The van der Waals surface area contributed by atoms with E-state index in [4.69, 9.17) is 4.74 Å². The maximum Gasteiger partial charge on any atom is 0.410 e. The van der Waals surface area contributed by atoms with Crippen molar-refractivity contribution in [3.05, 3.63) is 53.3 Å². The highest BCUT2D eigenvalue weighted by atomic mass is 16.6. The summed E-state index contributed by atoms with van der Waals surface area (Å²) in [5, 5.41) is 3.10. The second-order valence-electron chi connectivity index (χ2n) is 8.71. The molecule has 29 heavy (non-hydrogen) atoms.